The van der Waals surface area contributed by atoms with Gasteiger partial charge in [0.25, 0.3) is 0 Å². The summed E-state index contributed by atoms with van der Waals surface area (Å²) in [6.07, 6.45) is 8.51. The first kappa shape index (κ1) is 10.5. The van der Waals surface area contributed by atoms with Crippen LogP contribution in [0.4, 0.5) is 0 Å². The maximum absolute atomic E-state index is 11.0. The number of fused-ring (bicyclic) bond motifs is 1. The molecule has 2 unspecified atom stereocenters. The van der Waals surface area contributed by atoms with Gasteiger partial charge in [-0.05, 0) is 36.5 Å². The molecule has 2 aliphatic rings. The summed E-state index contributed by atoms with van der Waals surface area (Å²) in [5.74, 6) is 0. The first-order valence-electron chi connectivity index (χ1n) is 6.14. The normalized spacial score (nSPS) is 47.1. The zero-order chi connectivity index (χ0) is 10.4. The van der Waals surface area contributed by atoms with E-state index in [1.807, 2.05) is 0 Å². The first-order valence-corrected chi connectivity index (χ1v) is 6.14. The smallest absolute Gasteiger partial charge is 0.0751 e. The summed E-state index contributed by atoms with van der Waals surface area (Å²) in [6.45, 7) is 6.83. The summed E-state index contributed by atoms with van der Waals surface area (Å²) >= 11 is 0. The zero-order valence-electron chi connectivity index (χ0n) is 9.90. The van der Waals surface area contributed by atoms with E-state index in [4.69, 9.17) is 0 Å². The third kappa shape index (κ3) is 1.18. The SMILES string of the molecule is CC1(C)CCCC2(C)CCCCC12O. The Hall–Kier alpha value is -0.0400. The molecule has 82 valence electrons. The summed E-state index contributed by atoms with van der Waals surface area (Å²) in [7, 11) is 0. The Morgan fingerprint density at radius 1 is 0.786 bits per heavy atom. The minimum atomic E-state index is -0.392. The monoisotopic (exact) mass is 196 g/mol. The molecule has 0 aromatic rings. The molecule has 0 spiro atoms. The van der Waals surface area contributed by atoms with Crippen LogP contribution in [0, 0.1) is 10.8 Å². The van der Waals surface area contributed by atoms with Crippen molar-refractivity contribution in [3.8, 4) is 0 Å². The first-order chi connectivity index (χ1) is 6.41. The van der Waals surface area contributed by atoms with Gasteiger partial charge in [0.2, 0.25) is 0 Å². The summed E-state index contributed by atoms with van der Waals surface area (Å²) in [5.41, 5.74) is -0.0656. The van der Waals surface area contributed by atoms with Gasteiger partial charge in [0.05, 0.1) is 5.60 Å². The fraction of sp³-hybridized carbons (Fsp3) is 1.00. The zero-order valence-corrected chi connectivity index (χ0v) is 9.90. The highest BCUT2D eigenvalue weighted by atomic mass is 16.3. The van der Waals surface area contributed by atoms with E-state index < -0.39 is 5.60 Å². The van der Waals surface area contributed by atoms with Gasteiger partial charge < -0.3 is 5.11 Å². The van der Waals surface area contributed by atoms with E-state index >= 15 is 0 Å². The topological polar surface area (TPSA) is 20.2 Å². The lowest BCUT2D eigenvalue weighted by Gasteiger charge is -2.60. The van der Waals surface area contributed by atoms with Crippen LogP contribution >= 0.6 is 0 Å². The van der Waals surface area contributed by atoms with E-state index in [0.29, 0.717) is 0 Å². The molecule has 2 rings (SSSR count). The van der Waals surface area contributed by atoms with E-state index in [-0.39, 0.29) is 10.8 Å². The molecule has 0 heterocycles. The summed E-state index contributed by atoms with van der Waals surface area (Å²) in [5, 5.41) is 11.0. The summed E-state index contributed by atoms with van der Waals surface area (Å²) in [6, 6.07) is 0. The van der Waals surface area contributed by atoms with Gasteiger partial charge in [0, 0.05) is 0 Å². The molecule has 14 heavy (non-hydrogen) atoms. The lowest BCUT2D eigenvalue weighted by molar-refractivity contribution is -0.203. The Balaban J connectivity index is 2.36. The molecule has 1 N–H and O–H groups in total. The molecule has 0 aliphatic heterocycles. The lowest BCUT2D eigenvalue weighted by Crippen LogP contribution is -2.60. The molecule has 2 saturated carbocycles. The maximum Gasteiger partial charge on any atom is 0.0751 e. The lowest BCUT2D eigenvalue weighted by atomic mass is 9.49. The highest BCUT2D eigenvalue weighted by molar-refractivity contribution is 5.09. The van der Waals surface area contributed by atoms with E-state index in [1.54, 1.807) is 0 Å². The van der Waals surface area contributed by atoms with Gasteiger partial charge in [0.15, 0.2) is 0 Å². The molecule has 1 nitrogen and oxygen atoms in total. The van der Waals surface area contributed by atoms with Crippen molar-refractivity contribution in [3.63, 3.8) is 0 Å². The Labute approximate surface area is 87.9 Å². The average molecular weight is 196 g/mol. The number of aliphatic hydroxyl groups is 1. The van der Waals surface area contributed by atoms with Crippen molar-refractivity contribution in [2.24, 2.45) is 10.8 Å². The van der Waals surface area contributed by atoms with Crippen molar-refractivity contribution in [2.75, 3.05) is 0 Å². The van der Waals surface area contributed by atoms with E-state index in [9.17, 15) is 5.11 Å². The standard InChI is InChI=1S/C13H24O/c1-11(2)7-6-9-12(3)8-4-5-10-13(11,12)14/h14H,4-10H2,1-3H3. The van der Waals surface area contributed by atoms with Crippen molar-refractivity contribution < 1.29 is 5.11 Å². The molecule has 0 aromatic carbocycles. The van der Waals surface area contributed by atoms with Gasteiger partial charge in [0.1, 0.15) is 0 Å². The molecule has 0 aromatic heterocycles. The Morgan fingerprint density at radius 3 is 2.00 bits per heavy atom. The number of hydrogen-bond acceptors (Lipinski definition) is 1. The molecule has 0 saturated heterocycles. The number of hydrogen-bond donors (Lipinski definition) is 1. The quantitative estimate of drug-likeness (QED) is 0.628. The van der Waals surface area contributed by atoms with Gasteiger partial charge in [-0.2, -0.15) is 0 Å². The highest BCUT2D eigenvalue weighted by Crippen LogP contribution is 2.60. The Morgan fingerprint density at radius 2 is 1.36 bits per heavy atom. The van der Waals surface area contributed by atoms with Crippen LogP contribution in [0.1, 0.15) is 65.7 Å². The van der Waals surface area contributed by atoms with Gasteiger partial charge in [-0.25, -0.2) is 0 Å². The molecule has 0 bridgehead atoms. The van der Waals surface area contributed by atoms with Gasteiger partial charge in [-0.15, -0.1) is 0 Å². The van der Waals surface area contributed by atoms with Crippen molar-refractivity contribution in [1.29, 1.82) is 0 Å². The second-order valence-electron chi connectivity index (χ2n) is 6.37. The molecule has 2 atom stereocenters. The average Bonchev–Trinajstić information content (AvgIpc) is 2.08. The minimum Gasteiger partial charge on any atom is -0.389 e. The summed E-state index contributed by atoms with van der Waals surface area (Å²) < 4.78 is 0. The molecule has 2 fully saturated rings. The van der Waals surface area contributed by atoms with Gasteiger partial charge in [-0.3, -0.25) is 0 Å². The van der Waals surface area contributed by atoms with Crippen molar-refractivity contribution >= 4 is 0 Å². The molecule has 2 aliphatic carbocycles. The summed E-state index contributed by atoms with van der Waals surface area (Å²) in [4.78, 5) is 0. The van der Waals surface area contributed by atoms with E-state index in [2.05, 4.69) is 20.8 Å². The molecule has 0 amide bonds. The van der Waals surface area contributed by atoms with E-state index in [1.165, 1.54) is 38.5 Å². The Kier molecular flexibility index (Phi) is 2.23. The van der Waals surface area contributed by atoms with Gasteiger partial charge >= 0.3 is 0 Å². The maximum atomic E-state index is 11.0. The van der Waals surface area contributed by atoms with Crippen molar-refractivity contribution in [2.45, 2.75) is 71.3 Å². The Bertz CT molecular complexity index is 229. The van der Waals surface area contributed by atoms with Crippen molar-refractivity contribution in [1.82, 2.24) is 0 Å². The second-order valence-corrected chi connectivity index (χ2v) is 6.37. The van der Waals surface area contributed by atoms with Crippen LogP contribution in [-0.2, 0) is 0 Å². The van der Waals surface area contributed by atoms with Crippen LogP contribution in [0.5, 0.6) is 0 Å². The predicted octanol–water partition coefficient (Wildman–Crippen LogP) is 3.51. The van der Waals surface area contributed by atoms with Crippen LogP contribution in [-0.4, -0.2) is 10.7 Å². The van der Waals surface area contributed by atoms with Crippen molar-refractivity contribution in [3.05, 3.63) is 0 Å². The fourth-order valence-electron chi connectivity index (χ4n) is 4.02. The van der Waals surface area contributed by atoms with E-state index in [0.717, 1.165) is 6.42 Å². The highest BCUT2D eigenvalue weighted by Gasteiger charge is 2.58. The van der Waals surface area contributed by atoms with Crippen LogP contribution in [0.3, 0.4) is 0 Å². The molecule has 1 heteroatoms. The minimum absolute atomic E-state index is 0.125. The predicted molar refractivity (Wildman–Crippen MR) is 59.2 cm³/mol. The molecule has 0 radical (unpaired) electrons. The van der Waals surface area contributed by atoms with Crippen LogP contribution in [0.25, 0.3) is 0 Å². The second kappa shape index (κ2) is 2.98. The van der Waals surface area contributed by atoms with Crippen LogP contribution in [0.15, 0.2) is 0 Å². The largest absolute Gasteiger partial charge is 0.389 e. The molecular weight excluding hydrogens is 172 g/mol. The third-order valence-corrected chi connectivity index (χ3v) is 5.17. The molecular formula is C13H24O. The van der Waals surface area contributed by atoms with Crippen LogP contribution in [0.2, 0.25) is 0 Å². The van der Waals surface area contributed by atoms with Gasteiger partial charge in [-0.1, -0.05) is 40.0 Å². The third-order valence-electron chi connectivity index (χ3n) is 5.17. The van der Waals surface area contributed by atoms with Crippen LogP contribution < -0.4 is 0 Å². The fourth-order valence-corrected chi connectivity index (χ4v) is 4.02. The number of rotatable bonds is 0.